The summed E-state index contributed by atoms with van der Waals surface area (Å²) in [6, 6.07) is 14.2. The molecule has 4 amide bonds. The Labute approximate surface area is 336 Å². The summed E-state index contributed by atoms with van der Waals surface area (Å²) < 4.78 is 59.0. The van der Waals surface area contributed by atoms with Crippen molar-refractivity contribution >= 4 is 80.4 Å². The highest BCUT2D eigenvalue weighted by atomic mass is 32.2. The highest BCUT2D eigenvalue weighted by Gasteiger charge is 2.42. The lowest BCUT2D eigenvalue weighted by Crippen LogP contribution is -2.36. The fourth-order valence-electron chi connectivity index (χ4n) is 6.24. The van der Waals surface area contributed by atoms with Crippen LogP contribution in [0.3, 0.4) is 0 Å². The topological polar surface area (TPSA) is 200 Å². The first-order valence-corrected chi connectivity index (χ1v) is 22.4. The van der Waals surface area contributed by atoms with Crippen LogP contribution in [0.2, 0.25) is 0 Å². The number of hydrogen-bond donors (Lipinski definition) is 6. The number of nitrogen functional groups attached to an aromatic ring is 1. The highest BCUT2D eigenvalue weighted by Crippen LogP contribution is 2.38. The first-order chi connectivity index (χ1) is 26.5. The van der Waals surface area contributed by atoms with Crippen molar-refractivity contribution in [2.75, 3.05) is 23.9 Å². The Kier molecular flexibility index (Phi) is 16.2. The lowest BCUT2D eigenvalue weighted by Gasteiger charge is -2.16. The van der Waals surface area contributed by atoms with Gasteiger partial charge in [-0.25, -0.2) is 13.2 Å². The van der Waals surface area contributed by atoms with E-state index in [4.69, 9.17) is 15.9 Å². The number of aryl methyl sites for hydroxylation is 1. The number of halogens is 3. The number of thioether (sulfide) groups is 2. The Hall–Kier alpha value is -4.07. The van der Waals surface area contributed by atoms with Gasteiger partial charge in [0.05, 0.1) is 31.0 Å². The number of unbranched alkanes of at least 4 members (excludes halogenated alkanes) is 3. The molecule has 2 aliphatic rings. The summed E-state index contributed by atoms with van der Waals surface area (Å²) in [5.74, 6) is 0.747. The maximum atomic E-state index is 13.6. The van der Waals surface area contributed by atoms with Crippen molar-refractivity contribution in [2.45, 2.75) is 95.8 Å². The van der Waals surface area contributed by atoms with E-state index < -0.39 is 22.3 Å². The Morgan fingerprint density at radius 1 is 1.04 bits per heavy atom. The van der Waals surface area contributed by atoms with Crippen LogP contribution in [0, 0.1) is 12.3 Å². The molecule has 1 aromatic heterocycles. The van der Waals surface area contributed by atoms with Gasteiger partial charge in [-0.15, -0.1) is 23.1 Å². The average Bonchev–Trinajstić information content (AvgIpc) is 3.86. The number of benzene rings is 2. The van der Waals surface area contributed by atoms with Gasteiger partial charge >= 0.3 is 12.2 Å². The zero-order valence-corrected chi connectivity index (χ0v) is 34.1. The summed E-state index contributed by atoms with van der Waals surface area (Å²) in [6.45, 7) is 2.51. The van der Waals surface area contributed by atoms with Crippen LogP contribution in [0.5, 0.6) is 0 Å². The number of rotatable bonds is 17. The third-order valence-electron chi connectivity index (χ3n) is 8.99. The first kappa shape index (κ1) is 44.6. The van der Waals surface area contributed by atoms with E-state index in [1.807, 2.05) is 43.0 Å². The number of alkyl halides is 3. The maximum absolute atomic E-state index is 13.6. The van der Waals surface area contributed by atoms with E-state index in [1.165, 1.54) is 29.2 Å². The Bertz CT molecular complexity index is 2010. The molecular weight excluding hydrogens is 810 g/mol. The van der Waals surface area contributed by atoms with Crippen LogP contribution >= 0.6 is 34.9 Å². The van der Waals surface area contributed by atoms with Crippen molar-refractivity contribution in [1.82, 2.24) is 16.0 Å². The van der Waals surface area contributed by atoms with Gasteiger partial charge in [-0.05, 0) is 85.9 Å². The molecule has 5 rings (SSSR count). The zero-order valence-electron chi connectivity index (χ0n) is 30.8. The predicted molar refractivity (Wildman–Crippen MR) is 215 cm³/mol. The Morgan fingerprint density at radius 2 is 1.75 bits per heavy atom. The van der Waals surface area contributed by atoms with Crippen molar-refractivity contribution in [3.63, 3.8) is 0 Å². The molecular formula is C37H45F3N6O6S4. The van der Waals surface area contributed by atoms with Crippen molar-refractivity contribution in [1.29, 1.82) is 5.41 Å². The number of nitrogens with one attached hydrogen (secondary N) is 5. The fourth-order valence-corrected chi connectivity index (χ4v) is 11.7. The standard InChI is InChI=1S/C35H44N6O5S4.C2HF3O/c1-21-17-23(14-15-25(21)22-9-8-10-24(18-22)50(45,46)29-19-28(33(36)37)49-34(29)47-2)39-31(43)13-4-3-7-16-38-30(42)12-6-5-11-27-32-26(20-48-27)40-35(44)41-32;3-2(4,5)1-6/h8-10,14-15,17-19,26-27,32H,3-7,11-13,16,20H2,1-2H3,(H3,36,37)(H,38,42)(H,39,43)(H2,40,41,44);1H. The van der Waals surface area contributed by atoms with Gasteiger partial charge in [-0.2, -0.15) is 24.9 Å². The summed E-state index contributed by atoms with van der Waals surface area (Å²) in [5, 5.41) is 20.0. The van der Waals surface area contributed by atoms with Crippen molar-refractivity contribution in [3.8, 4) is 11.1 Å². The molecule has 0 bridgehead atoms. The molecule has 2 saturated heterocycles. The largest absolute Gasteiger partial charge is 0.446 e. The van der Waals surface area contributed by atoms with Crippen molar-refractivity contribution < 1.29 is 40.8 Å². The smallest absolute Gasteiger partial charge is 0.383 e. The molecule has 3 unspecified atom stereocenters. The van der Waals surface area contributed by atoms with E-state index in [1.54, 1.807) is 24.5 Å². The van der Waals surface area contributed by atoms with Crippen LogP contribution in [-0.2, 0) is 24.2 Å². The molecule has 0 radical (unpaired) electrons. The molecule has 2 aliphatic heterocycles. The van der Waals surface area contributed by atoms with Crippen LogP contribution in [0.25, 0.3) is 11.1 Å². The number of carbonyl (C=O) groups is 4. The molecule has 0 saturated carbocycles. The number of thiophene rings is 1. The minimum Gasteiger partial charge on any atom is -0.383 e. The van der Waals surface area contributed by atoms with Crippen LogP contribution in [-0.4, -0.2) is 80.4 Å². The number of carbonyl (C=O) groups excluding carboxylic acids is 4. The molecule has 2 aromatic carbocycles. The number of amidine groups is 1. The van der Waals surface area contributed by atoms with E-state index in [0.29, 0.717) is 45.8 Å². The van der Waals surface area contributed by atoms with E-state index >= 15 is 0 Å². The van der Waals surface area contributed by atoms with Gasteiger partial charge in [0.25, 0.3) is 0 Å². The quantitative estimate of drug-likeness (QED) is 0.0215. The van der Waals surface area contributed by atoms with E-state index in [9.17, 15) is 36.0 Å². The molecule has 304 valence electrons. The molecule has 3 heterocycles. The number of nitrogens with two attached hydrogens (primary N) is 1. The molecule has 2 fully saturated rings. The first-order valence-electron chi connectivity index (χ1n) is 17.8. The monoisotopic (exact) mass is 854 g/mol. The lowest BCUT2D eigenvalue weighted by atomic mass is 10.00. The third kappa shape index (κ3) is 12.7. The molecule has 0 aliphatic carbocycles. The van der Waals surface area contributed by atoms with Gasteiger partial charge in [0.1, 0.15) is 5.84 Å². The zero-order chi connectivity index (χ0) is 41.0. The van der Waals surface area contributed by atoms with Gasteiger partial charge in [-0.3, -0.25) is 19.8 Å². The van der Waals surface area contributed by atoms with Crippen LogP contribution in [0.15, 0.2) is 62.5 Å². The molecule has 0 spiro atoms. The van der Waals surface area contributed by atoms with E-state index in [2.05, 4.69) is 21.3 Å². The summed E-state index contributed by atoms with van der Waals surface area (Å²) in [6.07, 6.45) is 2.09. The summed E-state index contributed by atoms with van der Waals surface area (Å²) >= 11 is 4.39. The molecule has 56 heavy (non-hydrogen) atoms. The van der Waals surface area contributed by atoms with Gasteiger partial charge in [0.15, 0.2) is 0 Å². The maximum Gasteiger partial charge on any atom is 0.446 e. The molecule has 3 atom stereocenters. The number of urea groups is 1. The normalized spacial score (nSPS) is 17.5. The van der Waals surface area contributed by atoms with E-state index in [-0.39, 0.29) is 45.6 Å². The second kappa shape index (κ2) is 20.4. The van der Waals surface area contributed by atoms with Gasteiger partial charge in [0, 0.05) is 36.1 Å². The van der Waals surface area contributed by atoms with Crippen LogP contribution < -0.4 is 27.0 Å². The summed E-state index contributed by atoms with van der Waals surface area (Å²) in [4.78, 5) is 45.8. The molecule has 12 nitrogen and oxygen atoms in total. The van der Waals surface area contributed by atoms with E-state index in [0.717, 1.165) is 54.5 Å². The second-order valence-electron chi connectivity index (χ2n) is 13.2. The van der Waals surface area contributed by atoms with Crippen molar-refractivity contribution in [3.05, 3.63) is 59.0 Å². The van der Waals surface area contributed by atoms with Gasteiger partial charge in [-0.1, -0.05) is 31.0 Å². The van der Waals surface area contributed by atoms with Gasteiger partial charge < -0.3 is 27.0 Å². The summed E-state index contributed by atoms with van der Waals surface area (Å²) in [7, 11) is -3.84. The number of anilines is 1. The highest BCUT2D eigenvalue weighted by molar-refractivity contribution is 8.01. The minimum atomic E-state index is -4.64. The number of fused-ring (bicyclic) bond motifs is 1. The predicted octanol–water partition coefficient (Wildman–Crippen LogP) is 6.65. The SMILES string of the molecule is CSc1sc(C(=N)N)cc1S(=O)(=O)c1cccc(-c2ccc(NC(=O)CCCCCNC(=O)CCCCC3SCC4NC(=O)NC43)cc2C)c1.O=CC(F)(F)F. The lowest BCUT2D eigenvalue weighted by molar-refractivity contribution is -0.156. The molecule has 7 N–H and O–H groups in total. The Morgan fingerprint density at radius 3 is 2.43 bits per heavy atom. The van der Waals surface area contributed by atoms with Crippen LogP contribution in [0.1, 0.15) is 61.8 Å². The minimum absolute atomic E-state index is 0.0538. The molecule has 19 heteroatoms. The number of aldehydes is 1. The fraction of sp³-hybridized carbons (Fsp3) is 0.432. The Balaban J connectivity index is 0.00000107. The third-order valence-corrected chi connectivity index (χ3v) is 14.8. The summed E-state index contributed by atoms with van der Waals surface area (Å²) in [5.41, 5.74) is 8.77. The number of sulfone groups is 1. The average molecular weight is 855 g/mol. The molecule has 3 aromatic rings. The number of amides is 4. The van der Waals surface area contributed by atoms with Crippen molar-refractivity contribution in [2.24, 2.45) is 5.73 Å². The second-order valence-corrected chi connectivity index (χ2v) is 18.5. The number of hydrogen-bond acceptors (Lipinski definition) is 10. The van der Waals surface area contributed by atoms with Crippen LogP contribution in [0.4, 0.5) is 23.7 Å². The van der Waals surface area contributed by atoms with Gasteiger partial charge in [0.2, 0.25) is 27.9 Å².